The number of anilines is 1. The lowest BCUT2D eigenvalue weighted by atomic mass is 10.1. The first kappa shape index (κ1) is 18.0. The highest BCUT2D eigenvalue weighted by atomic mass is 16.5. The van der Waals surface area contributed by atoms with Crippen molar-refractivity contribution in [3.05, 3.63) is 54.4 Å². The molecule has 0 unspecified atom stereocenters. The van der Waals surface area contributed by atoms with E-state index in [2.05, 4.69) is 20.1 Å². The van der Waals surface area contributed by atoms with Crippen LogP contribution in [0.2, 0.25) is 0 Å². The molecular formula is C21H22N4O3. The van der Waals surface area contributed by atoms with E-state index in [1.807, 2.05) is 36.4 Å². The number of fused-ring (bicyclic) bond motifs is 1. The molecule has 0 fully saturated rings. The molecule has 1 aliphatic heterocycles. The van der Waals surface area contributed by atoms with E-state index >= 15 is 0 Å². The first-order chi connectivity index (χ1) is 13.7. The molecule has 7 nitrogen and oxygen atoms in total. The molecule has 0 bridgehead atoms. The van der Waals surface area contributed by atoms with Crippen LogP contribution in [-0.4, -0.2) is 34.4 Å². The lowest BCUT2D eigenvalue weighted by Gasteiger charge is -2.14. The van der Waals surface area contributed by atoms with Gasteiger partial charge in [-0.2, -0.15) is 0 Å². The predicted octanol–water partition coefficient (Wildman–Crippen LogP) is 3.31. The number of aryl methyl sites for hydroxylation is 1. The molecule has 28 heavy (non-hydrogen) atoms. The van der Waals surface area contributed by atoms with Crippen LogP contribution in [-0.2, 0) is 17.8 Å². The zero-order valence-electron chi connectivity index (χ0n) is 15.7. The lowest BCUT2D eigenvalue weighted by molar-refractivity contribution is -0.118. The third-order valence-electron chi connectivity index (χ3n) is 4.70. The van der Waals surface area contributed by atoms with E-state index in [1.165, 1.54) is 6.42 Å². The summed E-state index contributed by atoms with van der Waals surface area (Å²) in [7, 11) is 1.59. The number of carbonyl (C=O) groups excluding carboxylic acids is 1. The van der Waals surface area contributed by atoms with E-state index in [-0.39, 0.29) is 12.5 Å². The maximum absolute atomic E-state index is 12.1. The van der Waals surface area contributed by atoms with Crippen LogP contribution < -0.4 is 14.8 Å². The summed E-state index contributed by atoms with van der Waals surface area (Å²) in [5.74, 6) is 3.02. The van der Waals surface area contributed by atoms with Crippen molar-refractivity contribution in [2.24, 2.45) is 0 Å². The molecule has 3 aromatic rings. The summed E-state index contributed by atoms with van der Waals surface area (Å²) >= 11 is 0. The number of benzene rings is 2. The Morgan fingerprint density at radius 3 is 2.79 bits per heavy atom. The highest BCUT2D eigenvalue weighted by Gasteiger charge is 2.16. The molecule has 4 rings (SSSR count). The first-order valence-corrected chi connectivity index (χ1v) is 9.32. The monoisotopic (exact) mass is 378 g/mol. The quantitative estimate of drug-likeness (QED) is 0.712. The Morgan fingerprint density at radius 2 is 1.96 bits per heavy atom. The van der Waals surface area contributed by atoms with Crippen molar-refractivity contribution in [1.82, 2.24) is 14.8 Å². The molecule has 144 valence electrons. The van der Waals surface area contributed by atoms with E-state index < -0.39 is 0 Å². The Hall–Kier alpha value is -3.35. The standard InChI is InChI=1S/C21H22N4O3/c1-27-18-6-4-5-16(13-18)22-20(26)14-28-17-10-8-15(9-11-17)21-24-23-19-7-2-3-12-25(19)21/h4-6,8-11,13H,2-3,7,12,14H2,1H3,(H,22,26). The number of methoxy groups -OCH3 is 1. The molecule has 1 N–H and O–H groups in total. The number of amides is 1. The minimum Gasteiger partial charge on any atom is -0.497 e. The van der Waals surface area contributed by atoms with Crippen LogP contribution in [0.3, 0.4) is 0 Å². The zero-order chi connectivity index (χ0) is 19.3. The van der Waals surface area contributed by atoms with Gasteiger partial charge in [0.15, 0.2) is 12.4 Å². The van der Waals surface area contributed by atoms with Gasteiger partial charge in [0, 0.05) is 30.3 Å². The van der Waals surface area contributed by atoms with Crippen molar-refractivity contribution in [3.8, 4) is 22.9 Å². The van der Waals surface area contributed by atoms with Gasteiger partial charge in [0.05, 0.1) is 7.11 Å². The minimum absolute atomic E-state index is 0.0725. The summed E-state index contributed by atoms with van der Waals surface area (Å²) in [5, 5.41) is 11.4. The molecule has 7 heteroatoms. The van der Waals surface area contributed by atoms with Gasteiger partial charge in [-0.05, 0) is 49.2 Å². The van der Waals surface area contributed by atoms with Gasteiger partial charge in [0.25, 0.3) is 5.91 Å². The highest BCUT2D eigenvalue weighted by Crippen LogP contribution is 2.25. The van der Waals surface area contributed by atoms with Crippen molar-refractivity contribution in [2.45, 2.75) is 25.8 Å². The summed E-state index contributed by atoms with van der Waals surface area (Å²) in [6.07, 6.45) is 3.31. The van der Waals surface area contributed by atoms with Crippen molar-refractivity contribution in [3.63, 3.8) is 0 Å². The SMILES string of the molecule is COc1cccc(NC(=O)COc2ccc(-c3nnc4n3CCCC4)cc2)c1. The van der Waals surface area contributed by atoms with Crippen LogP contribution >= 0.6 is 0 Å². The highest BCUT2D eigenvalue weighted by molar-refractivity contribution is 5.92. The van der Waals surface area contributed by atoms with Crippen LogP contribution in [0.1, 0.15) is 18.7 Å². The first-order valence-electron chi connectivity index (χ1n) is 9.32. The van der Waals surface area contributed by atoms with Gasteiger partial charge in [0.2, 0.25) is 0 Å². The zero-order valence-corrected chi connectivity index (χ0v) is 15.7. The lowest BCUT2D eigenvalue weighted by Crippen LogP contribution is -2.20. The second kappa shape index (κ2) is 8.12. The van der Waals surface area contributed by atoms with Gasteiger partial charge in [0.1, 0.15) is 17.3 Å². The third-order valence-corrected chi connectivity index (χ3v) is 4.70. The van der Waals surface area contributed by atoms with Crippen LogP contribution in [0.5, 0.6) is 11.5 Å². The average molecular weight is 378 g/mol. The van der Waals surface area contributed by atoms with Gasteiger partial charge in [-0.1, -0.05) is 6.07 Å². The van der Waals surface area contributed by atoms with Crippen molar-refractivity contribution in [2.75, 3.05) is 19.0 Å². The van der Waals surface area contributed by atoms with Gasteiger partial charge < -0.3 is 19.4 Å². The molecule has 0 atom stereocenters. The molecule has 0 aliphatic carbocycles. The second-order valence-electron chi connectivity index (χ2n) is 6.64. The van der Waals surface area contributed by atoms with E-state index in [9.17, 15) is 4.79 Å². The number of hydrogen-bond donors (Lipinski definition) is 1. The number of nitrogens with zero attached hydrogens (tertiary/aromatic N) is 3. The number of nitrogens with one attached hydrogen (secondary N) is 1. The molecular weight excluding hydrogens is 356 g/mol. The largest absolute Gasteiger partial charge is 0.497 e. The topological polar surface area (TPSA) is 78.3 Å². The molecule has 0 saturated carbocycles. The molecule has 0 spiro atoms. The van der Waals surface area contributed by atoms with Crippen molar-refractivity contribution < 1.29 is 14.3 Å². The van der Waals surface area contributed by atoms with Crippen LogP contribution in [0.15, 0.2) is 48.5 Å². The number of carbonyl (C=O) groups is 1. The van der Waals surface area contributed by atoms with E-state index in [0.717, 1.165) is 36.6 Å². The molecule has 1 aromatic heterocycles. The predicted molar refractivity (Wildman–Crippen MR) is 106 cm³/mol. The number of aromatic nitrogens is 3. The Labute approximate surface area is 163 Å². The second-order valence-corrected chi connectivity index (χ2v) is 6.64. The van der Waals surface area contributed by atoms with Crippen LogP contribution in [0, 0.1) is 0 Å². The molecule has 0 radical (unpaired) electrons. The van der Waals surface area contributed by atoms with E-state index in [1.54, 1.807) is 19.2 Å². The molecule has 1 amide bonds. The smallest absolute Gasteiger partial charge is 0.262 e. The van der Waals surface area contributed by atoms with Gasteiger partial charge in [-0.25, -0.2) is 0 Å². The minimum atomic E-state index is -0.233. The maximum Gasteiger partial charge on any atom is 0.262 e. The summed E-state index contributed by atoms with van der Waals surface area (Å²) in [4.78, 5) is 12.1. The Bertz CT molecular complexity index is 966. The Kier molecular flexibility index (Phi) is 5.23. The van der Waals surface area contributed by atoms with Gasteiger partial charge >= 0.3 is 0 Å². The van der Waals surface area contributed by atoms with Crippen LogP contribution in [0.4, 0.5) is 5.69 Å². The van der Waals surface area contributed by atoms with Crippen LogP contribution in [0.25, 0.3) is 11.4 Å². The van der Waals surface area contributed by atoms with Gasteiger partial charge in [-0.3, -0.25) is 4.79 Å². The summed E-state index contributed by atoms with van der Waals surface area (Å²) in [6.45, 7) is 0.886. The number of ether oxygens (including phenoxy) is 2. The summed E-state index contributed by atoms with van der Waals surface area (Å²) < 4.78 is 12.9. The van der Waals surface area contributed by atoms with E-state index in [0.29, 0.717) is 17.2 Å². The fraction of sp³-hybridized carbons (Fsp3) is 0.286. The number of hydrogen-bond acceptors (Lipinski definition) is 5. The van der Waals surface area contributed by atoms with Crippen molar-refractivity contribution in [1.29, 1.82) is 0 Å². The molecule has 1 aliphatic rings. The average Bonchev–Trinajstić information content (AvgIpc) is 3.17. The fourth-order valence-electron chi connectivity index (χ4n) is 3.27. The van der Waals surface area contributed by atoms with Crippen molar-refractivity contribution >= 4 is 11.6 Å². The number of rotatable bonds is 6. The molecule has 2 aromatic carbocycles. The normalized spacial score (nSPS) is 12.9. The maximum atomic E-state index is 12.1. The summed E-state index contributed by atoms with van der Waals surface area (Å²) in [6, 6.07) is 14.8. The Balaban J connectivity index is 1.35. The van der Waals surface area contributed by atoms with Gasteiger partial charge in [-0.15, -0.1) is 10.2 Å². The van der Waals surface area contributed by atoms with E-state index in [4.69, 9.17) is 9.47 Å². The fourth-order valence-corrected chi connectivity index (χ4v) is 3.27. The Morgan fingerprint density at radius 1 is 1.11 bits per heavy atom. The third kappa shape index (κ3) is 3.98. The molecule has 0 saturated heterocycles. The summed E-state index contributed by atoms with van der Waals surface area (Å²) in [5.41, 5.74) is 1.66. The molecule has 2 heterocycles.